The number of nitrogen functional groups attached to an aromatic ring is 1. The summed E-state index contributed by atoms with van der Waals surface area (Å²) in [5.74, 6) is -0.173. The van der Waals surface area contributed by atoms with Crippen LogP contribution in [0.15, 0.2) is 36.4 Å². The Morgan fingerprint density at radius 1 is 1.06 bits per heavy atom. The molecule has 0 unspecified atom stereocenters. The topological polar surface area (TPSA) is 86.2 Å². The number of fused-ring (bicyclic) bond motifs is 3. The molecule has 0 atom stereocenters. The Hall–Kier alpha value is -2.69. The van der Waals surface area contributed by atoms with E-state index >= 15 is 0 Å². The normalized spacial score (nSPS) is 12.1. The highest BCUT2D eigenvalue weighted by atomic mass is 16.6. The molecule has 1 aliphatic rings. The predicted octanol–water partition coefficient (Wildman–Crippen LogP) is 2.39. The van der Waals surface area contributed by atoms with Crippen LogP contribution in [-0.2, 0) is 0 Å². The van der Waals surface area contributed by atoms with Gasteiger partial charge in [-0.3, -0.25) is 14.9 Å². The number of benzene rings is 2. The van der Waals surface area contributed by atoms with Crippen LogP contribution in [-0.4, -0.2) is 10.7 Å². The molecular weight excluding hydrogens is 232 g/mol. The van der Waals surface area contributed by atoms with Gasteiger partial charge in [0.1, 0.15) is 0 Å². The van der Waals surface area contributed by atoms with Crippen LogP contribution >= 0.6 is 0 Å². The Labute approximate surface area is 102 Å². The quantitative estimate of drug-likeness (QED) is 0.402. The largest absolute Gasteiger partial charge is 0.398 e. The molecule has 0 saturated carbocycles. The van der Waals surface area contributed by atoms with Gasteiger partial charge in [0, 0.05) is 23.3 Å². The number of non-ortho nitro benzene ring substituents is 1. The number of ketones is 1. The Morgan fingerprint density at radius 2 is 1.72 bits per heavy atom. The average molecular weight is 240 g/mol. The molecule has 5 nitrogen and oxygen atoms in total. The zero-order chi connectivity index (χ0) is 12.9. The molecule has 0 bridgehead atoms. The van der Waals surface area contributed by atoms with Crippen molar-refractivity contribution in [2.24, 2.45) is 0 Å². The fourth-order valence-electron chi connectivity index (χ4n) is 2.27. The van der Waals surface area contributed by atoms with Crippen molar-refractivity contribution in [2.45, 2.75) is 0 Å². The van der Waals surface area contributed by atoms with Gasteiger partial charge in [0.2, 0.25) is 0 Å². The lowest BCUT2D eigenvalue weighted by Gasteiger charge is -2.02. The molecule has 3 rings (SSSR count). The zero-order valence-electron chi connectivity index (χ0n) is 9.21. The van der Waals surface area contributed by atoms with E-state index in [1.807, 2.05) is 0 Å². The lowest BCUT2D eigenvalue weighted by Crippen LogP contribution is -2.01. The Balaban J connectivity index is 2.37. The maximum Gasteiger partial charge on any atom is 0.272 e. The van der Waals surface area contributed by atoms with Crippen molar-refractivity contribution in [3.05, 3.63) is 57.6 Å². The number of hydrogen-bond donors (Lipinski definition) is 1. The highest BCUT2D eigenvalue weighted by molar-refractivity contribution is 6.24. The summed E-state index contributed by atoms with van der Waals surface area (Å²) in [6.07, 6.45) is 0. The molecule has 88 valence electrons. The molecule has 2 aromatic rings. The van der Waals surface area contributed by atoms with Crippen molar-refractivity contribution >= 4 is 17.2 Å². The van der Waals surface area contributed by atoms with Crippen LogP contribution in [0.1, 0.15) is 15.9 Å². The second-order valence-corrected chi connectivity index (χ2v) is 4.09. The van der Waals surface area contributed by atoms with Crippen LogP contribution < -0.4 is 5.73 Å². The van der Waals surface area contributed by atoms with Crippen LogP contribution in [0.3, 0.4) is 0 Å². The van der Waals surface area contributed by atoms with Crippen molar-refractivity contribution in [3.8, 4) is 11.1 Å². The second-order valence-electron chi connectivity index (χ2n) is 4.09. The van der Waals surface area contributed by atoms with Gasteiger partial charge in [0.15, 0.2) is 5.78 Å². The summed E-state index contributed by atoms with van der Waals surface area (Å²) in [5, 5.41) is 10.8. The molecule has 1 aliphatic carbocycles. The molecule has 0 fully saturated rings. The number of nitro benzene ring substituents is 1. The van der Waals surface area contributed by atoms with Gasteiger partial charge in [-0.2, -0.15) is 0 Å². The first-order valence-corrected chi connectivity index (χ1v) is 5.31. The summed E-state index contributed by atoms with van der Waals surface area (Å²) >= 11 is 0. The highest BCUT2D eigenvalue weighted by Gasteiger charge is 2.30. The maximum atomic E-state index is 12.1. The molecule has 2 N–H and O–H groups in total. The summed E-state index contributed by atoms with van der Waals surface area (Å²) in [6.45, 7) is 0. The third-order valence-corrected chi connectivity index (χ3v) is 3.05. The van der Waals surface area contributed by atoms with E-state index < -0.39 is 4.92 Å². The lowest BCUT2D eigenvalue weighted by molar-refractivity contribution is -0.384. The average Bonchev–Trinajstić information content (AvgIpc) is 2.64. The minimum atomic E-state index is -0.512. The van der Waals surface area contributed by atoms with E-state index in [2.05, 4.69) is 0 Å². The molecule has 0 radical (unpaired) electrons. The van der Waals surface area contributed by atoms with Gasteiger partial charge < -0.3 is 5.73 Å². The molecular formula is C13H8N2O3. The van der Waals surface area contributed by atoms with Gasteiger partial charge in [-0.1, -0.05) is 24.3 Å². The fourth-order valence-corrected chi connectivity index (χ4v) is 2.27. The van der Waals surface area contributed by atoms with Gasteiger partial charge in [0.25, 0.3) is 5.69 Å². The van der Waals surface area contributed by atoms with E-state index in [4.69, 9.17) is 5.73 Å². The SMILES string of the molecule is Nc1cc([N+](=O)[O-])cc2c1C(=O)c1ccccc1-2. The van der Waals surface area contributed by atoms with Crippen LogP contribution in [0.5, 0.6) is 0 Å². The van der Waals surface area contributed by atoms with Crippen molar-refractivity contribution < 1.29 is 9.72 Å². The van der Waals surface area contributed by atoms with Crippen LogP contribution in [0.4, 0.5) is 11.4 Å². The van der Waals surface area contributed by atoms with Crippen LogP contribution in [0, 0.1) is 10.1 Å². The summed E-state index contributed by atoms with van der Waals surface area (Å²) in [5.41, 5.74) is 7.96. The summed E-state index contributed by atoms with van der Waals surface area (Å²) in [7, 11) is 0. The van der Waals surface area contributed by atoms with Gasteiger partial charge in [-0.15, -0.1) is 0 Å². The van der Waals surface area contributed by atoms with E-state index in [0.717, 1.165) is 0 Å². The van der Waals surface area contributed by atoms with E-state index in [1.165, 1.54) is 12.1 Å². The minimum Gasteiger partial charge on any atom is -0.398 e. The number of hydrogen-bond acceptors (Lipinski definition) is 4. The molecule has 0 aromatic heterocycles. The van der Waals surface area contributed by atoms with Crippen LogP contribution in [0.25, 0.3) is 11.1 Å². The van der Waals surface area contributed by atoms with E-state index in [-0.39, 0.29) is 17.2 Å². The molecule has 0 amide bonds. The van der Waals surface area contributed by atoms with E-state index in [0.29, 0.717) is 22.3 Å². The number of carbonyl (C=O) groups is 1. The first-order chi connectivity index (χ1) is 8.59. The standard InChI is InChI=1S/C13H8N2O3/c14-11-6-7(15(17)18)5-10-8-3-1-2-4-9(8)13(16)12(10)11/h1-6H,14H2. The molecule has 18 heavy (non-hydrogen) atoms. The van der Waals surface area contributed by atoms with Crippen molar-refractivity contribution in [2.75, 3.05) is 5.73 Å². The minimum absolute atomic E-state index is 0.101. The number of nitro groups is 1. The van der Waals surface area contributed by atoms with Gasteiger partial charge in [0.05, 0.1) is 16.2 Å². The Kier molecular flexibility index (Phi) is 1.98. The summed E-state index contributed by atoms with van der Waals surface area (Å²) < 4.78 is 0. The number of nitrogens with two attached hydrogens (primary N) is 1. The Bertz CT molecular complexity index is 707. The monoisotopic (exact) mass is 240 g/mol. The molecule has 5 heteroatoms. The molecule has 2 aromatic carbocycles. The smallest absolute Gasteiger partial charge is 0.272 e. The van der Waals surface area contributed by atoms with Crippen LogP contribution in [0.2, 0.25) is 0 Å². The fraction of sp³-hybridized carbons (Fsp3) is 0. The molecule has 0 spiro atoms. The number of rotatable bonds is 1. The van der Waals surface area contributed by atoms with Crippen molar-refractivity contribution in [1.29, 1.82) is 0 Å². The number of anilines is 1. The maximum absolute atomic E-state index is 12.1. The highest BCUT2D eigenvalue weighted by Crippen LogP contribution is 2.41. The molecule has 0 aliphatic heterocycles. The molecule has 0 heterocycles. The summed E-state index contributed by atoms with van der Waals surface area (Å²) in [4.78, 5) is 22.4. The second kappa shape index (κ2) is 3.40. The predicted molar refractivity (Wildman–Crippen MR) is 66.4 cm³/mol. The molecule has 0 saturated heterocycles. The zero-order valence-corrected chi connectivity index (χ0v) is 9.21. The summed E-state index contributed by atoms with van der Waals surface area (Å²) in [6, 6.07) is 9.63. The van der Waals surface area contributed by atoms with E-state index in [9.17, 15) is 14.9 Å². The number of nitrogens with zero attached hydrogens (tertiary/aromatic N) is 1. The number of carbonyl (C=O) groups excluding carboxylic acids is 1. The van der Waals surface area contributed by atoms with Gasteiger partial charge in [-0.25, -0.2) is 0 Å². The lowest BCUT2D eigenvalue weighted by atomic mass is 10.0. The van der Waals surface area contributed by atoms with Crippen molar-refractivity contribution in [3.63, 3.8) is 0 Å². The third-order valence-electron chi connectivity index (χ3n) is 3.05. The first-order valence-electron chi connectivity index (χ1n) is 5.31. The Morgan fingerprint density at radius 3 is 2.39 bits per heavy atom. The third kappa shape index (κ3) is 1.24. The van der Waals surface area contributed by atoms with Gasteiger partial charge in [-0.05, 0) is 5.56 Å². The van der Waals surface area contributed by atoms with E-state index in [1.54, 1.807) is 24.3 Å². The van der Waals surface area contributed by atoms with Crippen molar-refractivity contribution in [1.82, 2.24) is 0 Å². The van der Waals surface area contributed by atoms with Gasteiger partial charge >= 0.3 is 0 Å². The first kappa shape index (κ1) is 10.5.